The van der Waals surface area contributed by atoms with E-state index >= 15 is 0 Å². The van der Waals surface area contributed by atoms with Crippen LogP contribution in [0.15, 0.2) is 53.5 Å². The van der Waals surface area contributed by atoms with E-state index in [0.29, 0.717) is 5.92 Å². The average Bonchev–Trinajstić information content (AvgIpc) is 2.79. The first-order chi connectivity index (χ1) is 8.79. The van der Waals surface area contributed by atoms with Crippen LogP contribution in [0.2, 0.25) is 0 Å². The van der Waals surface area contributed by atoms with Crippen molar-refractivity contribution in [3.8, 4) is 0 Å². The monoisotopic (exact) mass is 239 g/mol. The molecule has 1 aliphatic rings. The van der Waals surface area contributed by atoms with Crippen molar-refractivity contribution in [1.29, 1.82) is 0 Å². The SMILES string of the molecule is CN=C1CC(c2ccc(F)cc2)c2ccccc21. The summed E-state index contributed by atoms with van der Waals surface area (Å²) >= 11 is 0. The van der Waals surface area contributed by atoms with Crippen molar-refractivity contribution >= 4 is 5.71 Å². The quantitative estimate of drug-likeness (QED) is 0.718. The smallest absolute Gasteiger partial charge is 0.123 e. The zero-order chi connectivity index (χ0) is 12.5. The van der Waals surface area contributed by atoms with E-state index in [0.717, 1.165) is 17.7 Å². The highest BCUT2D eigenvalue weighted by atomic mass is 19.1. The summed E-state index contributed by atoms with van der Waals surface area (Å²) in [6.07, 6.45) is 0.904. The molecule has 2 heteroatoms. The second-order valence-electron chi connectivity index (χ2n) is 4.57. The zero-order valence-electron chi connectivity index (χ0n) is 10.2. The van der Waals surface area contributed by atoms with E-state index in [1.165, 1.54) is 23.3 Å². The molecule has 2 aromatic carbocycles. The summed E-state index contributed by atoms with van der Waals surface area (Å²) in [4.78, 5) is 4.36. The average molecular weight is 239 g/mol. The van der Waals surface area contributed by atoms with Crippen LogP contribution in [-0.2, 0) is 0 Å². The third kappa shape index (κ3) is 1.74. The van der Waals surface area contributed by atoms with Crippen LogP contribution in [0, 0.1) is 5.82 Å². The topological polar surface area (TPSA) is 12.4 Å². The maximum Gasteiger partial charge on any atom is 0.123 e. The minimum atomic E-state index is -0.186. The number of benzene rings is 2. The zero-order valence-corrected chi connectivity index (χ0v) is 10.2. The molecule has 0 fully saturated rings. The summed E-state index contributed by atoms with van der Waals surface area (Å²) in [6, 6.07) is 15.1. The number of fused-ring (bicyclic) bond motifs is 1. The molecule has 0 radical (unpaired) electrons. The molecule has 1 nitrogen and oxygen atoms in total. The lowest BCUT2D eigenvalue weighted by molar-refractivity contribution is 0.626. The van der Waals surface area contributed by atoms with Gasteiger partial charge in [0.15, 0.2) is 0 Å². The minimum Gasteiger partial charge on any atom is -0.292 e. The van der Waals surface area contributed by atoms with E-state index < -0.39 is 0 Å². The molecule has 3 rings (SSSR count). The fourth-order valence-electron chi connectivity index (χ4n) is 2.68. The van der Waals surface area contributed by atoms with Crippen LogP contribution in [0.5, 0.6) is 0 Å². The minimum absolute atomic E-state index is 0.186. The van der Waals surface area contributed by atoms with Gasteiger partial charge in [0.05, 0.1) is 0 Å². The predicted molar refractivity (Wildman–Crippen MR) is 71.8 cm³/mol. The number of aliphatic imine (C=N–C) groups is 1. The fraction of sp³-hybridized carbons (Fsp3) is 0.188. The number of rotatable bonds is 1. The van der Waals surface area contributed by atoms with Gasteiger partial charge in [0, 0.05) is 25.1 Å². The highest BCUT2D eigenvalue weighted by Crippen LogP contribution is 2.38. The molecule has 2 aromatic rings. The molecule has 0 heterocycles. The first-order valence-electron chi connectivity index (χ1n) is 6.10. The molecule has 0 amide bonds. The summed E-state index contributed by atoms with van der Waals surface area (Å²) in [7, 11) is 1.83. The molecule has 90 valence electrons. The summed E-state index contributed by atoms with van der Waals surface area (Å²) in [5, 5.41) is 0. The molecule has 0 N–H and O–H groups in total. The third-order valence-corrected chi connectivity index (χ3v) is 3.59. The number of halogens is 1. The molecule has 1 unspecified atom stereocenters. The molecule has 0 saturated heterocycles. The Morgan fingerprint density at radius 2 is 1.78 bits per heavy atom. The molecule has 0 aliphatic heterocycles. The van der Waals surface area contributed by atoms with Crippen molar-refractivity contribution in [2.24, 2.45) is 4.99 Å². The van der Waals surface area contributed by atoms with E-state index in [1.54, 1.807) is 0 Å². The summed E-state index contributed by atoms with van der Waals surface area (Å²) in [5.41, 5.74) is 4.82. The molecule has 18 heavy (non-hydrogen) atoms. The Hall–Kier alpha value is -1.96. The van der Waals surface area contributed by atoms with E-state index in [4.69, 9.17) is 0 Å². The second kappa shape index (κ2) is 4.37. The highest BCUT2D eigenvalue weighted by Gasteiger charge is 2.27. The normalized spacial score (nSPS) is 20.1. The molecule has 1 atom stereocenters. The maximum atomic E-state index is 13.0. The van der Waals surface area contributed by atoms with Gasteiger partial charge < -0.3 is 0 Å². The van der Waals surface area contributed by atoms with Crippen molar-refractivity contribution in [2.75, 3.05) is 7.05 Å². The highest BCUT2D eigenvalue weighted by molar-refractivity contribution is 6.05. The van der Waals surface area contributed by atoms with Gasteiger partial charge in [-0.1, -0.05) is 36.4 Å². The van der Waals surface area contributed by atoms with Crippen molar-refractivity contribution in [3.63, 3.8) is 0 Å². The van der Waals surface area contributed by atoms with E-state index in [2.05, 4.69) is 17.1 Å². The van der Waals surface area contributed by atoms with Gasteiger partial charge in [0.25, 0.3) is 0 Å². The van der Waals surface area contributed by atoms with E-state index in [1.807, 2.05) is 31.3 Å². The molecular formula is C16H14FN. The lowest BCUT2D eigenvalue weighted by atomic mass is 9.93. The Bertz CT molecular complexity index is 599. The Morgan fingerprint density at radius 1 is 1.06 bits per heavy atom. The van der Waals surface area contributed by atoms with Gasteiger partial charge in [-0.05, 0) is 28.8 Å². The summed E-state index contributed by atoms with van der Waals surface area (Å²) in [6.45, 7) is 0. The van der Waals surface area contributed by atoms with Crippen LogP contribution in [0.3, 0.4) is 0 Å². The van der Waals surface area contributed by atoms with Crippen molar-refractivity contribution in [3.05, 3.63) is 71.0 Å². The second-order valence-corrected chi connectivity index (χ2v) is 4.57. The van der Waals surface area contributed by atoms with Crippen LogP contribution >= 0.6 is 0 Å². The predicted octanol–water partition coefficient (Wildman–Crippen LogP) is 3.78. The van der Waals surface area contributed by atoms with Crippen molar-refractivity contribution in [2.45, 2.75) is 12.3 Å². The van der Waals surface area contributed by atoms with Gasteiger partial charge in [-0.15, -0.1) is 0 Å². The largest absolute Gasteiger partial charge is 0.292 e. The molecular weight excluding hydrogens is 225 g/mol. The first kappa shape index (κ1) is 11.1. The van der Waals surface area contributed by atoms with Crippen LogP contribution in [-0.4, -0.2) is 12.8 Å². The lowest BCUT2D eigenvalue weighted by Crippen LogP contribution is -1.97. The molecule has 0 bridgehead atoms. The summed E-state index contributed by atoms with van der Waals surface area (Å²) in [5.74, 6) is 0.120. The standard InChI is InChI=1S/C16H14FN/c1-18-16-10-15(11-6-8-12(17)9-7-11)13-4-2-3-5-14(13)16/h2-9,15H,10H2,1H3. The van der Waals surface area contributed by atoms with Crippen LogP contribution in [0.4, 0.5) is 4.39 Å². The summed E-state index contributed by atoms with van der Waals surface area (Å²) < 4.78 is 13.0. The number of hydrogen-bond acceptors (Lipinski definition) is 1. The van der Waals surface area contributed by atoms with Gasteiger partial charge >= 0.3 is 0 Å². The van der Waals surface area contributed by atoms with Crippen molar-refractivity contribution < 1.29 is 4.39 Å². The molecule has 0 aromatic heterocycles. The van der Waals surface area contributed by atoms with Crippen LogP contribution in [0.25, 0.3) is 0 Å². The third-order valence-electron chi connectivity index (χ3n) is 3.59. The number of hydrogen-bond donors (Lipinski definition) is 0. The van der Waals surface area contributed by atoms with Gasteiger partial charge in [-0.2, -0.15) is 0 Å². The Labute approximate surface area is 106 Å². The molecule has 0 spiro atoms. The Kier molecular flexibility index (Phi) is 2.71. The fourth-order valence-corrected chi connectivity index (χ4v) is 2.68. The van der Waals surface area contributed by atoms with Crippen molar-refractivity contribution in [1.82, 2.24) is 0 Å². The first-order valence-corrected chi connectivity index (χ1v) is 6.10. The lowest BCUT2D eigenvalue weighted by Gasteiger charge is -2.11. The van der Waals surface area contributed by atoms with E-state index in [9.17, 15) is 4.39 Å². The van der Waals surface area contributed by atoms with Crippen LogP contribution < -0.4 is 0 Å². The molecule has 1 aliphatic carbocycles. The van der Waals surface area contributed by atoms with Crippen LogP contribution in [0.1, 0.15) is 29.0 Å². The molecule has 0 saturated carbocycles. The van der Waals surface area contributed by atoms with Gasteiger partial charge in [0.1, 0.15) is 5.82 Å². The Morgan fingerprint density at radius 3 is 2.50 bits per heavy atom. The van der Waals surface area contributed by atoms with Gasteiger partial charge in [-0.25, -0.2) is 4.39 Å². The van der Waals surface area contributed by atoms with Gasteiger partial charge in [-0.3, -0.25) is 4.99 Å². The Balaban J connectivity index is 2.08. The van der Waals surface area contributed by atoms with E-state index in [-0.39, 0.29) is 5.82 Å². The van der Waals surface area contributed by atoms with Gasteiger partial charge in [0.2, 0.25) is 0 Å². The maximum absolute atomic E-state index is 13.0. The number of nitrogens with zero attached hydrogens (tertiary/aromatic N) is 1.